The molecule has 0 aliphatic carbocycles. The number of nitrogens with one attached hydrogen (secondary N) is 1. The summed E-state index contributed by atoms with van der Waals surface area (Å²) in [6.07, 6.45) is 0.661. The molecule has 1 unspecified atom stereocenters. The number of hydrogen-bond acceptors (Lipinski definition) is 4. The fourth-order valence-corrected chi connectivity index (χ4v) is 4.30. The van der Waals surface area contributed by atoms with Crippen LogP contribution in [0.4, 0.5) is 0 Å². The smallest absolute Gasteiger partial charge is 0.240 e. The third-order valence-corrected chi connectivity index (χ3v) is 5.85. The predicted molar refractivity (Wildman–Crippen MR) is 87.1 cm³/mol. The minimum atomic E-state index is -3.57. The van der Waals surface area contributed by atoms with Gasteiger partial charge < -0.3 is 5.73 Å². The number of thiophene rings is 1. The van der Waals surface area contributed by atoms with E-state index in [0.717, 1.165) is 4.88 Å². The van der Waals surface area contributed by atoms with E-state index in [0.29, 0.717) is 17.0 Å². The molecular weight excluding hydrogens is 328 g/mol. The molecule has 0 saturated heterocycles. The van der Waals surface area contributed by atoms with Crippen molar-refractivity contribution in [1.82, 2.24) is 4.72 Å². The lowest BCUT2D eigenvalue weighted by molar-refractivity contribution is 0.560. The molecule has 2 aromatic rings. The number of rotatable bonds is 6. The second-order valence-electron chi connectivity index (χ2n) is 4.76. The standard InChI is InChI=1S/C14H17ClN2O2S2/c1-10(7-12-3-2-6-20-12)17-21(18,19)13-4-5-14(15)11(8-13)9-16/h2-6,8,10,17H,7,9,16H2,1H3. The third kappa shape index (κ3) is 4.28. The Morgan fingerprint density at radius 3 is 2.76 bits per heavy atom. The quantitative estimate of drug-likeness (QED) is 0.846. The first-order chi connectivity index (χ1) is 9.92. The zero-order chi connectivity index (χ0) is 15.5. The molecule has 0 aliphatic heterocycles. The summed E-state index contributed by atoms with van der Waals surface area (Å²) in [5.41, 5.74) is 6.17. The molecule has 0 aliphatic rings. The van der Waals surface area contributed by atoms with Gasteiger partial charge in [0.25, 0.3) is 0 Å². The Labute approximate surface area is 134 Å². The lowest BCUT2D eigenvalue weighted by Crippen LogP contribution is -2.34. The number of benzene rings is 1. The molecule has 0 radical (unpaired) electrons. The van der Waals surface area contributed by atoms with Crippen molar-refractivity contribution in [3.63, 3.8) is 0 Å². The largest absolute Gasteiger partial charge is 0.326 e. The first kappa shape index (κ1) is 16.5. The van der Waals surface area contributed by atoms with Crippen LogP contribution < -0.4 is 10.5 Å². The van der Waals surface area contributed by atoms with E-state index in [2.05, 4.69) is 4.72 Å². The van der Waals surface area contributed by atoms with E-state index in [1.807, 2.05) is 24.4 Å². The Bertz CT molecular complexity index is 700. The van der Waals surface area contributed by atoms with Crippen LogP contribution in [0.25, 0.3) is 0 Å². The minimum Gasteiger partial charge on any atom is -0.326 e. The molecule has 1 aromatic carbocycles. The molecular formula is C14H17ClN2O2S2. The Morgan fingerprint density at radius 1 is 1.38 bits per heavy atom. The van der Waals surface area contributed by atoms with Crippen molar-refractivity contribution in [3.8, 4) is 0 Å². The van der Waals surface area contributed by atoms with Crippen LogP contribution in [0.2, 0.25) is 5.02 Å². The molecule has 1 aromatic heterocycles. The first-order valence-electron chi connectivity index (χ1n) is 6.45. The summed E-state index contributed by atoms with van der Waals surface area (Å²) in [5, 5.41) is 2.45. The van der Waals surface area contributed by atoms with E-state index in [1.54, 1.807) is 17.4 Å². The van der Waals surface area contributed by atoms with Gasteiger partial charge in [-0.15, -0.1) is 11.3 Å². The molecule has 0 fully saturated rings. The van der Waals surface area contributed by atoms with Gasteiger partial charge in [-0.2, -0.15) is 0 Å². The van der Waals surface area contributed by atoms with Crippen LogP contribution in [0.5, 0.6) is 0 Å². The second kappa shape index (κ2) is 6.89. The monoisotopic (exact) mass is 344 g/mol. The van der Waals surface area contributed by atoms with Crippen molar-refractivity contribution < 1.29 is 8.42 Å². The molecule has 4 nitrogen and oxygen atoms in total. The van der Waals surface area contributed by atoms with Gasteiger partial charge in [0.15, 0.2) is 0 Å². The SMILES string of the molecule is CC(Cc1cccs1)NS(=O)(=O)c1ccc(Cl)c(CN)c1. The summed E-state index contributed by atoms with van der Waals surface area (Å²) < 4.78 is 27.4. The molecule has 0 spiro atoms. The first-order valence-corrected chi connectivity index (χ1v) is 9.19. The molecule has 1 atom stereocenters. The number of nitrogens with two attached hydrogens (primary N) is 1. The molecule has 0 bridgehead atoms. The van der Waals surface area contributed by atoms with E-state index >= 15 is 0 Å². The fourth-order valence-electron chi connectivity index (χ4n) is 1.98. The summed E-state index contributed by atoms with van der Waals surface area (Å²) in [6, 6.07) is 8.32. The Hall–Kier alpha value is -0.920. The van der Waals surface area contributed by atoms with E-state index in [4.69, 9.17) is 17.3 Å². The van der Waals surface area contributed by atoms with E-state index < -0.39 is 10.0 Å². The number of halogens is 1. The summed E-state index contributed by atoms with van der Waals surface area (Å²) >= 11 is 7.57. The maximum atomic E-state index is 12.4. The van der Waals surface area contributed by atoms with Crippen molar-refractivity contribution in [1.29, 1.82) is 0 Å². The van der Waals surface area contributed by atoms with E-state index in [9.17, 15) is 8.42 Å². The highest BCUT2D eigenvalue weighted by atomic mass is 35.5. The zero-order valence-electron chi connectivity index (χ0n) is 11.5. The average Bonchev–Trinajstić information content (AvgIpc) is 2.91. The van der Waals surface area contributed by atoms with E-state index in [1.165, 1.54) is 12.1 Å². The second-order valence-corrected chi connectivity index (χ2v) is 7.92. The highest BCUT2D eigenvalue weighted by Gasteiger charge is 2.18. The van der Waals surface area contributed by atoms with Crippen LogP contribution in [-0.2, 0) is 23.0 Å². The van der Waals surface area contributed by atoms with Gasteiger partial charge in [-0.1, -0.05) is 17.7 Å². The van der Waals surface area contributed by atoms with Crippen LogP contribution in [0.15, 0.2) is 40.6 Å². The lowest BCUT2D eigenvalue weighted by Gasteiger charge is -2.14. The normalized spacial score (nSPS) is 13.3. The van der Waals surface area contributed by atoms with E-state index in [-0.39, 0.29) is 17.5 Å². The topological polar surface area (TPSA) is 72.2 Å². The zero-order valence-corrected chi connectivity index (χ0v) is 13.9. The van der Waals surface area contributed by atoms with Crippen molar-refractivity contribution in [2.75, 3.05) is 0 Å². The van der Waals surface area contributed by atoms with Crippen molar-refractivity contribution >= 4 is 33.0 Å². The van der Waals surface area contributed by atoms with Crippen LogP contribution in [0.3, 0.4) is 0 Å². The van der Waals surface area contributed by atoms with Gasteiger partial charge in [-0.3, -0.25) is 0 Å². The molecule has 2 rings (SSSR count). The molecule has 3 N–H and O–H groups in total. The summed E-state index contributed by atoms with van der Waals surface area (Å²) in [4.78, 5) is 1.33. The minimum absolute atomic E-state index is 0.186. The number of sulfonamides is 1. The average molecular weight is 345 g/mol. The van der Waals surface area contributed by atoms with Gasteiger partial charge in [0.1, 0.15) is 0 Å². The van der Waals surface area contributed by atoms with Crippen LogP contribution in [0.1, 0.15) is 17.4 Å². The maximum absolute atomic E-state index is 12.4. The molecule has 0 amide bonds. The number of hydrogen-bond donors (Lipinski definition) is 2. The van der Waals surface area contributed by atoms with Gasteiger partial charge >= 0.3 is 0 Å². The van der Waals surface area contributed by atoms with Gasteiger partial charge in [-0.05, 0) is 48.6 Å². The Balaban J connectivity index is 2.14. The molecule has 7 heteroatoms. The molecule has 114 valence electrons. The Morgan fingerprint density at radius 2 is 2.14 bits per heavy atom. The molecule has 21 heavy (non-hydrogen) atoms. The van der Waals surface area contributed by atoms with Gasteiger partial charge in [0.05, 0.1) is 4.90 Å². The van der Waals surface area contributed by atoms with Crippen LogP contribution in [-0.4, -0.2) is 14.5 Å². The highest BCUT2D eigenvalue weighted by molar-refractivity contribution is 7.89. The summed E-state index contributed by atoms with van der Waals surface area (Å²) in [5.74, 6) is 0. The lowest BCUT2D eigenvalue weighted by atomic mass is 10.2. The maximum Gasteiger partial charge on any atom is 0.240 e. The van der Waals surface area contributed by atoms with Crippen LogP contribution in [0, 0.1) is 0 Å². The molecule has 0 saturated carbocycles. The van der Waals surface area contributed by atoms with Crippen LogP contribution >= 0.6 is 22.9 Å². The predicted octanol–water partition coefficient (Wildman–Crippen LogP) is 2.77. The summed E-state index contributed by atoms with van der Waals surface area (Å²) in [6.45, 7) is 2.05. The fraction of sp³-hybridized carbons (Fsp3) is 0.286. The van der Waals surface area contributed by atoms with Gasteiger partial charge in [-0.25, -0.2) is 13.1 Å². The van der Waals surface area contributed by atoms with Crippen molar-refractivity contribution in [2.45, 2.75) is 30.8 Å². The van der Waals surface area contributed by atoms with Crippen molar-refractivity contribution in [3.05, 3.63) is 51.2 Å². The van der Waals surface area contributed by atoms with Gasteiger partial charge in [0.2, 0.25) is 10.0 Å². The molecule has 1 heterocycles. The van der Waals surface area contributed by atoms with Gasteiger partial charge in [0, 0.05) is 22.5 Å². The summed E-state index contributed by atoms with van der Waals surface area (Å²) in [7, 11) is -3.57. The highest BCUT2D eigenvalue weighted by Crippen LogP contribution is 2.20. The van der Waals surface area contributed by atoms with Crippen molar-refractivity contribution in [2.24, 2.45) is 5.73 Å². The third-order valence-electron chi connectivity index (χ3n) is 2.99. The Kier molecular flexibility index (Phi) is 5.40.